The molecule has 0 aliphatic carbocycles. The number of ether oxygens (including phenoxy) is 2. The lowest BCUT2D eigenvalue weighted by Crippen LogP contribution is -2.24. The summed E-state index contributed by atoms with van der Waals surface area (Å²) in [6, 6.07) is 12.2. The molecule has 172 valence electrons. The monoisotopic (exact) mass is 437 g/mol. The molecule has 1 aliphatic rings. The quantitative estimate of drug-likeness (QED) is 0.454. The molecule has 0 radical (unpaired) electrons. The first kappa shape index (κ1) is 23.7. The third-order valence-electron chi connectivity index (χ3n) is 5.66. The Morgan fingerprint density at radius 2 is 1.59 bits per heavy atom. The number of hydrogen-bond donors (Lipinski definition) is 2. The first-order chi connectivity index (χ1) is 15.5. The highest BCUT2D eigenvalue weighted by Crippen LogP contribution is 2.42. The summed E-state index contributed by atoms with van der Waals surface area (Å²) < 4.78 is 10.8. The first-order valence-corrected chi connectivity index (χ1v) is 11.4. The highest BCUT2D eigenvalue weighted by Gasteiger charge is 2.29. The van der Waals surface area contributed by atoms with Crippen molar-refractivity contribution in [2.24, 2.45) is 0 Å². The fourth-order valence-corrected chi connectivity index (χ4v) is 4.15. The number of nitrogens with one attached hydrogen (secondary N) is 2. The molecule has 2 N–H and O–H groups in total. The summed E-state index contributed by atoms with van der Waals surface area (Å²) in [6.45, 7) is 9.67. The van der Waals surface area contributed by atoms with E-state index in [4.69, 9.17) is 9.47 Å². The Labute approximate surface area is 191 Å². The van der Waals surface area contributed by atoms with E-state index in [0.29, 0.717) is 23.5 Å². The fraction of sp³-hybridized carbons (Fsp3) is 0.423. The Hall–Kier alpha value is -2.99. The van der Waals surface area contributed by atoms with Gasteiger partial charge in [0.25, 0.3) is 5.91 Å². The maximum Gasteiger partial charge on any atom is 0.258 e. The molecule has 1 heterocycles. The minimum atomic E-state index is -0.119. The largest absolute Gasteiger partial charge is 0.493 e. The van der Waals surface area contributed by atoms with E-state index in [2.05, 4.69) is 53.6 Å². The number of hydrogen-bond acceptors (Lipinski definition) is 5. The van der Waals surface area contributed by atoms with E-state index < -0.39 is 0 Å². The van der Waals surface area contributed by atoms with Gasteiger partial charge in [-0.15, -0.1) is 0 Å². The third-order valence-corrected chi connectivity index (χ3v) is 5.66. The van der Waals surface area contributed by atoms with E-state index >= 15 is 0 Å². The van der Waals surface area contributed by atoms with Crippen LogP contribution >= 0.6 is 0 Å². The van der Waals surface area contributed by atoms with Crippen LogP contribution in [0, 0.1) is 0 Å². The SMILES string of the molecule is CCCN(CCC)Cc1ccc(NC(CC)=C2C(=O)Nc3cc(OC)c(OC)cc32)cc1. The number of benzene rings is 2. The molecule has 0 aromatic heterocycles. The Morgan fingerprint density at radius 3 is 2.16 bits per heavy atom. The van der Waals surface area contributed by atoms with Crippen LogP contribution in [0.25, 0.3) is 5.57 Å². The Morgan fingerprint density at radius 1 is 0.969 bits per heavy atom. The number of rotatable bonds is 11. The van der Waals surface area contributed by atoms with Crippen molar-refractivity contribution in [1.29, 1.82) is 0 Å². The fourth-order valence-electron chi connectivity index (χ4n) is 4.15. The predicted molar refractivity (Wildman–Crippen MR) is 131 cm³/mol. The normalized spacial score (nSPS) is 14.2. The van der Waals surface area contributed by atoms with E-state index in [9.17, 15) is 4.79 Å². The van der Waals surface area contributed by atoms with Crippen LogP contribution in [-0.4, -0.2) is 38.1 Å². The Bertz CT molecular complexity index is 961. The zero-order chi connectivity index (χ0) is 23.1. The number of amides is 1. The molecule has 1 amide bonds. The van der Waals surface area contributed by atoms with Crippen molar-refractivity contribution >= 4 is 22.9 Å². The van der Waals surface area contributed by atoms with Crippen LogP contribution in [-0.2, 0) is 11.3 Å². The molecule has 0 saturated carbocycles. The number of allylic oxidation sites excluding steroid dienone is 1. The first-order valence-electron chi connectivity index (χ1n) is 11.4. The Kier molecular flexibility index (Phi) is 8.17. The number of carbonyl (C=O) groups excluding carboxylic acids is 1. The smallest absolute Gasteiger partial charge is 0.258 e. The van der Waals surface area contributed by atoms with Gasteiger partial charge >= 0.3 is 0 Å². The van der Waals surface area contributed by atoms with Crippen LogP contribution in [0.1, 0.15) is 51.2 Å². The molecule has 0 atom stereocenters. The van der Waals surface area contributed by atoms with Crippen molar-refractivity contribution in [2.45, 2.75) is 46.6 Å². The number of anilines is 2. The topological polar surface area (TPSA) is 62.8 Å². The summed E-state index contributed by atoms with van der Waals surface area (Å²) in [6.07, 6.45) is 3.01. The second-order valence-corrected chi connectivity index (χ2v) is 8.01. The van der Waals surface area contributed by atoms with E-state index in [0.717, 1.165) is 55.1 Å². The molecule has 32 heavy (non-hydrogen) atoms. The average Bonchev–Trinajstić information content (AvgIpc) is 3.12. The van der Waals surface area contributed by atoms with Crippen LogP contribution in [0.5, 0.6) is 11.5 Å². The highest BCUT2D eigenvalue weighted by atomic mass is 16.5. The lowest BCUT2D eigenvalue weighted by atomic mass is 10.0. The van der Waals surface area contributed by atoms with Crippen LogP contribution in [0.4, 0.5) is 11.4 Å². The van der Waals surface area contributed by atoms with Gasteiger partial charge in [-0.05, 0) is 56.1 Å². The van der Waals surface area contributed by atoms with Crippen LogP contribution in [0.15, 0.2) is 42.1 Å². The van der Waals surface area contributed by atoms with Gasteiger partial charge in [-0.1, -0.05) is 32.9 Å². The van der Waals surface area contributed by atoms with Crippen LogP contribution in [0.2, 0.25) is 0 Å². The molecule has 0 unspecified atom stereocenters. The third kappa shape index (κ3) is 5.25. The maximum atomic E-state index is 12.8. The van der Waals surface area contributed by atoms with Gasteiger partial charge in [0.1, 0.15) is 0 Å². The van der Waals surface area contributed by atoms with Gasteiger partial charge in [0, 0.05) is 29.6 Å². The van der Waals surface area contributed by atoms with Gasteiger partial charge in [0.2, 0.25) is 0 Å². The number of carbonyl (C=O) groups is 1. The molecule has 0 spiro atoms. The van der Waals surface area contributed by atoms with Gasteiger partial charge in [0.05, 0.1) is 25.5 Å². The zero-order valence-corrected chi connectivity index (χ0v) is 19.9. The van der Waals surface area contributed by atoms with E-state index in [-0.39, 0.29) is 5.91 Å². The van der Waals surface area contributed by atoms with E-state index in [1.165, 1.54) is 5.56 Å². The van der Waals surface area contributed by atoms with Gasteiger partial charge < -0.3 is 20.1 Å². The van der Waals surface area contributed by atoms with E-state index in [1.54, 1.807) is 20.3 Å². The van der Waals surface area contributed by atoms with Gasteiger partial charge in [-0.2, -0.15) is 0 Å². The van der Waals surface area contributed by atoms with Crippen molar-refractivity contribution in [2.75, 3.05) is 37.9 Å². The van der Waals surface area contributed by atoms with Crippen LogP contribution in [0.3, 0.4) is 0 Å². The summed E-state index contributed by atoms with van der Waals surface area (Å²) in [7, 11) is 3.19. The molecule has 3 rings (SSSR count). The average molecular weight is 438 g/mol. The molecule has 1 aliphatic heterocycles. The predicted octanol–water partition coefficient (Wildman–Crippen LogP) is 5.51. The molecule has 0 fully saturated rings. The van der Waals surface area contributed by atoms with Crippen molar-refractivity contribution in [3.63, 3.8) is 0 Å². The minimum Gasteiger partial charge on any atom is -0.493 e. The summed E-state index contributed by atoms with van der Waals surface area (Å²) in [5.41, 5.74) is 5.34. The van der Waals surface area contributed by atoms with Crippen molar-refractivity contribution < 1.29 is 14.3 Å². The standard InChI is InChI=1S/C26H35N3O3/c1-6-13-29(14-7-2)17-18-9-11-19(12-10-18)27-21(8-3)25-20-15-23(31-4)24(32-5)16-22(20)28-26(25)30/h9-12,15-16,27H,6-8,13-14,17H2,1-5H3,(H,28,30). The molecule has 0 bridgehead atoms. The molecule has 0 saturated heterocycles. The lowest BCUT2D eigenvalue weighted by Gasteiger charge is -2.21. The number of nitrogens with zero attached hydrogens (tertiary/aromatic N) is 1. The lowest BCUT2D eigenvalue weighted by molar-refractivity contribution is -0.110. The molecular weight excluding hydrogens is 402 g/mol. The Balaban J connectivity index is 1.84. The number of fused-ring (bicyclic) bond motifs is 1. The molecule has 2 aromatic rings. The van der Waals surface area contributed by atoms with Gasteiger partial charge in [-0.25, -0.2) is 0 Å². The van der Waals surface area contributed by atoms with Crippen molar-refractivity contribution in [3.8, 4) is 11.5 Å². The second kappa shape index (κ2) is 11.0. The van der Waals surface area contributed by atoms with E-state index in [1.807, 2.05) is 13.0 Å². The molecular formula is C26H35N3O3. The molecule has 6 heteroatoms. The van der Waals surface area contributed by atoms with Crippen molar-refractivity contribution in [1.82, 2.24) is 4.90 Å². The van der Waals surface area contributed by atoms with Crippen LogP contribution < -0.4 is 20.1 Å². The maximum absolute atomic E-state index is 12.8. The second-order valence-electron chi connectivity index (χ2n) is 8.01. The summed E-state index contributed by atoms with van der Waals surface area (Å²) in [5, 5.41) is 6.42. The number of methoxy groups -OCH3 is 2. The minimum absolute atomic E-state index is 0.119. The van der Waals surface area contributed by atoms with Crippen molar-refractivity contribution in [3.05, 3.63) is 53.2 Å². The van der Waals surface area contributed by atoms with Gasteiger partial charge in [0.15, 0.2) is 11.5 Å². The zero-order valence-electron chi connectivity index (χ0n) is 19.9. The van der Waals surface area contributed by atoms with Gasteiger partial charge in [-0.3, -0.25) is 9.69 Å². The molecule has 6 nitrogen and oxygen atoms in total. The molecule has 2 aromatic carbocycles. The summed E-state index contributed by atoms with van der Waals surface area (Å²) in [5.74, 6) is 1.07. The highest BCUT2D eigenvalue weighted by molar-refractivity contribution is 6.32. The summed E-state index contributed by atoms with van der Waals surface area (Å²) >= 11 is 0. The summed E-state index contributed by atoms with van der Waals surface area (Å²) in [4.78, 5) is 15.3.